The molecule has 1 aliphatic rings. The molecule has 1 fully saturated rings. The zero-order chi connectivity index (χ0) is 29.0. The standard InChI is InChI=1S/C36H38O6/c1-27-34(39-23-28-12-6-3-7-13-28)36(41-25-30-16-10-5-11-17-30)35(40-24-29-14-8-4-9-15-29)33(42-27)26-38-22-31-18-20-32(37-2)21-19-31/h3-21,33-36H,1,22-26H2,2H3/t33-,34-,35-,36-/m1/s1. The van der Waals surface area contributed by atoms with Gasteiger partial charge in [-0.3, -0.25) is 0 Å². The fourth-order valence-corrected chi connectivity index (χ4v) is 4.90. The highest BCUT2D eigenvalue weighted by atomic mass is 16.6. The SMILES string of the molecule is C=C1O[C@H](COCc2ccc(OC)cc2)[C@@H](OCc2ccccc2)[C@H](OCc2ccccc2)[C@@H]1OCc1ccccc1. The van der Waals surface area contributed by atoms with Crippen molar-refractivity contribution in [1.82, 2.24) is 0 Å². The molecule has 4 aromatic carbocycles. The number of ether oxygens (including phenoxy) is 6. The van der Waals surface area contributed by atoms with Crippen molar-refractivity contribution in [1.29, 1.82) is 0 Å². The lowest BCUT2D eigenvalue weighted by Crippen LogP contribution is -2.56. The molecule has 218 valence electrons. The third-order valence-electron chi connectivity index (χ3n) is 7.16. The lowest BCUT2D eigenvalue weighted by molar-refractivity contribution is -0.223. The first kappa shape index (κ1) is 29.5. The van der Waals surface area contributed by atoms with E-state index in [1.165, 1.54) is 0 Å². The Morgan fingerprint density at radius 2 is 1.05 bits per heavy atom. The first-order valence-electron chi connectivity index (χ1n) is 14.2. The van der Waals surface area contributed by atoms with E-state index in [1.807, 2.05) is 115 Å². The van der Waals surface area contributed by atoms with Crippen LogP contribution in [0.3, 0.4) is 0 Å². The van der Waals surface area contributed by atoms with Crippen LogP contribution in [0.5, 0.6) is 5.75 Å². The summed E-state index contributed by atoms with van der Waals surface area (Å²) in [5, 5.41) is 0. The summed E-state index contributed by atoms with van der Waals surface area (Å²) in [6.07, 6.45) is -1.94. The molecule has 4 aromatic rings. The lowest BCUT2D eigenvalue weighted by atomic mass is 9.97. The molecule has 42 heavy (non-hydrogen) atoms. The van der Waals surface area contributed by atoms with Gasteiger partial charge in [-0.2, -0.15) is 0 Å². The van der Waals surface area contributed by atoms with Crippen LogP contribution in [0.1, 0.15) is 22.3 Å². The van der Waals surface area contributed by atoms with Crippen LogP contribution in [0.4, 0.5) is 0 Å². The van der Waals surface area contributed by atoms with Crippen molar-refractivity contribution in [2.45, 2.75) is 50.8 Å². The van der Waals surface area contributed by atoms with Crippen molar-refractivity contribution < 1.29 is 28.4 Å². The second-order valence-corrected chi connectivity index (χ2v) is 10.2. The number of hydrogen-bond donors (Lipinski definition) is 0. The molecule has 0 saturated carbocycles. The van der Waals surface area contributed by atoms with Crippen molar-refractivity contribution in [2.75, 3.05) is 13.7 Å². The van der Waals surface area contributed by atoms with Crippen molar-refractivity contribution in [3.63, 3.8) is 0 Å². The monoisotopic (exact) mass is 566 g/mol. The van der Waals surface area contributed by atoms with Gasteiger partial charge in [-0.05, 0) is 34.4 Å². The third-order valence-corrected chi connectivity index (χ3v) is 7.16. The number of benzene rings is 4. The molecule has 0 bridgehead atoms. The first-order chi connectivity index (χ1) is 20.7. The maximum atomic E-state index is 6.60. The van der Waals surface area contributed by atoms with Crippen LogP contribution in [-0.2, 0) is 50.1 Å². The number of hydrogen-bond acceptors (Lipinski definition) is 6. The summed E-state index contributed by atoms with van der Waals surface area (Å²) in [6, 6.07) is 38.0. The summed E-state index contributed by atoms with van der Waals surface area (Å²) < 4.78 is 37.4. The van der Waals surface area contributed by atoms with Gasteiger partial charge in [0.2, 0.25) is 0 Å². The molecule has 6 nitrogen and oxygen atoms in total. The van der Waals surface area contributed by atoms with Crippen LogP contribution < -0.4 is 4.74 Å². The molecular weight excluding hydrogens is 528 g/mol. The molecule has 4 atom stereocenters. The van der Waals surface area contributed by atoms with E-state index < -0.39 is 24.4 Å². The Hall–Kier alpha value is -3.94. The predicted octanol–water partition coefficient (Wildman–Crippen LogP) is 6.88. The highest BCUT2D eigenvalue weighted by Gasteiger charge is 2.46. The van der Waals surface area contributed by atoms with E-state index in [1.54, 1.807) is 7.11 Å². The normalized spacial score (nSPS) is 20.2. The molecular formula is C36H38O6. The Bertz CT molecular complexity index is 1340. The number of rotatable bonds is 14. The highest BCUT2D eigenvalue weighted by Crippen LogP contribution is 2.32. The Morgan fingerprint density at radius 1 is 0.571 bits per heavy atom. The van der Waals surface area contributed by atoms with Gasteiger partial charge in [0.05, 0.1) is 40.1 Å². The third kappa shape index (κ3) is 8.30. The van der Waals surface area contributed by atoms with Gasteiger partial charge in [-0.25, -0.2) is 0 Å². The Kier molecular flexibility index (Phi) is 10.8. The van der Waals surface area contributed by atoms with Gasteiger partial charge in [-0.15, -0.1) is 0 Å². The largest absolute Gasteiger partial charge is 0.497 e. The Morgan fingerprint density at radius 3 is 1.57 bits per heavy atom. The van der Waals surface area contributed by atoms with Crippen LogP contribution in [0.15, 0.2) is 128 Å². The quantitative estimate of drug-likeness (QED) is 0.166. The van der Waals surface area contributed by atoms with Gasteiger partial charge in [-0.1, -0.05) is 110 Å². The second-order valence-electron chi connectivity index (χ2n) is 10.2. The molecule has 6 heteroatoms. The molecule has 0 aromatic heterocycles. The van der Waals surface area contributed by atoms with Crippen molar-refractivity contribution in [2.24, 2.45) is 0 Å². The van der Waals surface area contributed by atoms with Crippen LogP contribution in [0.25, 0.3) is 0 Å². The molecule has 1 saturated heterocycles. The van der Waals surface area contributed by atoms with Gasteiger partial charge < -0.3 is 28.4 Å². The van der Waals surface area contributed by atoms with Crippen LogP contribution in [-0.4, -0.2) is 38.1 Å². The summed E-state index contributed by atoms with van der Waals surface area (Å²) >= 11 is 0. The van der Waals surface area contributed by atoms with Crippen molar-refractivity contribution in [3.8, 4) is 5.75 Å². The topological polar surface area (TPSA) is 55.4 Å². The molecule has 1 aliphatic heterocycles. The average Bonchev–Trinajstić information content (AvgIpc) is 3.04. The summed E-state index contributed by atoms with van der Waals surface area (Å²) in [5.74, 6) is 1.31. The van der Waals surface area contributed by atoms with Crippen LogP contribution >= 0.6 is 0 Å². The summed E-state index contributed by atoms with van der Waals surface area (Å²) in [6.45, 7) is 6.15. The van der Waals surface area contributed by atoms with Crippen molar-refractivity contribution >= 4 is 0 Å². The highest BCUT2D eigenvalue weighted by molar-refractivity contribution is 5.26. The Balaban J connectivity index is 1.35. The van der Waals surface area contributed by atoms with Gasteiger partial charge >= 0.3 is 0 Å². The van der Waals surface area contributed by atoms with Gasteiger partial charge in [0.15, 0.2) is 6.10 Å². The van der Waals surface area contributed by atoms with E-state index in [2.05, 4.69) is 6.58 Å². The van der Waals surface area contributed by atoms with E-state index in [0.29, 0.717) is 38.8 Å². The summed E-state index contributed by atoms with van der Waals surface area (Å²) in [4.78, 5) is 0. The number of methoxy groups -OCH3 is 1. The molecule has 0 aliphatic carbocycles. The second kappa shape index (κ2) is 15.3. The minimum absolute atomic E-state index is 0.293. The summed E-state index contributed by atoms with van der Waals surface area (Å²) in [7, 11) is 1.65. The van der Waals surface area contributed by atoms with Crippen LogP contribution in [0.2, 0.25) is 0 Å². The molecule has 0 radical (unpaired) electrons. The zero-order valence-electron chi connectivity index (χ0n) is 24.0. The minimum Gasteiger partial charge on any atom is -0.497 e. The maximum Gasteiger partial charge on any atom is 0.150 e. The molecule has 0 spiro atoms. The maximum absolute atomic E-state index is 6.60. The van der Waals surface area contributed by atoms with Gasteiger partial charge in [0.1, 0.15) is 29.8 Å². The molecule has 1 heterocycles. The van der Waals surface area contributed by atoms with Gasteiger partial charge in [0.25, 0.3) is 0 Å². The van der Waals surface area contributed by atoms with E-state index in [-0.39, 0.29) is 0 Å². The van der Waals surface area contributed by atoms with E-state index in [9.17, 15) is 0 Å². The predicted molar refractivity (Wildman–Crippen MR) is 162 cm³/mol. The zero-order valence-corrected chi connectivity index (χ0v) is 24.0. The fraction of sp³-hybridized carbons (Fsp3) is 0.278. The molecule has 0 amide bonds. The summed E-state index contributed by atoms with van der Waals surface area (Å²) in [5.41, 5.74) is 4.21. The smallest absolute Gasteiger partial charge is 0.150 e. The molecule has 0 unspecified atom stereocenters. The van der Waals surface area contributed by atoms with Crippen LogP contribution in [0, 0.1) is 0 Å². The molecule has 5 rings (SSSR count). The minimum atomic E-state index is -0.535. The fourth-order valence-electron chi connectivity index (χ4n) is 4.90. The average molecular weight is 567 g/mol. The van der Waals surface area contributed by atoms with Crippen molar-refractivity contribution in [3.05, 3.63) is 150 Å². The molecule has 0 N–H and O–H groups in total. The van der Waals surface area contributed by atoms with E-state index >= 15 is 0 Å². The van der Waals surface area contributed by atoms with E-state index in [4.69, 9.17) is 28.4 Å². The van der Waals surface area contributed by atoms with Gasteiger partial charge in [0, 0.05) is 0 Å². The Labute approximate surface area is 248 Å². The lowest BCUT2D eigenvalue weighted by Gasteiger charge is -2.43. The first-order valence-corrected chi connectivity index (χ1v) is 14.2. The van der Waals surface area contributed by atoms with E-state index in [0.717, 1.165) is 28.0 Å².